The minimum atomic E-state index is 0.653. The van der Waals surface area contributed by atoms with Gasteiger partial charge in [0.1, 0.15) is 0 Å². The molecule has 0 spiro atoms. The Morgan fingerprint density at radius 1 is 0.611 bits per heavy atom. The predicted octanol–water partition coefficient (Wildman–Crippen LogP) is 6.59. The van der Waals surface area contributed by atoms with E-state index < -0.39 is 0 Å². The lowest BCUT2D eigenvalue weighted by atomic mass is 9.80. The highest BCUT2D eigenvalue weighted by molar-refractivity contribution is 4.70. The molecule has 108 valence electrons. The molecular weight excluding hydrogens is 216 g/mol. The third-order valence-corrected chi connectivity index (χ3v) is 5.01. The highest BCUT2D eigenvalue weighted by atomic mass is 14.2. The lowest BCUT2D eigenvalue weighted by Crippen LogP contribution is -2.12. The number of rotatable bonds is 0. The Hall–Kier alpha value is 0. The summed E-state index contributed by atoms with van der Waals surface area (Å²) in [6, 6.07) is 0. The molecule has 0 heterocycles. The standard InChI is InChI=1S/C10H20.C8H16/c1-10(2)8-6-4-3-5-7-9-10;1-7-3-5-8(2)6-4-7/h3-9H2,1-2H3;7-8H,3-6H2,1-2H3. The van der Waals surface area contributed by atoms with Gasteiger partial charge in [-0.05, 0) is 30.1 Å². The molecule has 0 saturated heterocycles. The summed E-state index contributed by atoms with van der Waals surface area (Å²) in [7, 11) is 0. The van der Waals surface area contributed by atoms with Crippen LogP contribution in [0.2, 0.25) is 0 Å². The van der Waals surface area contributed by atoms with Crippen LogP contribution in [-0.2, 0) is 0 Å². The second-order valence-corrected chi connectivity index (χ2v) is 7.80. The average molecular weight is 252 g/mol. The molecule has 0 N–H and O–H groups in total. The Kier molecular flexibility index (Phi) is 7.34. The Morgan fingerprint density at radius 2 is 0.944 bits per heavy atom. The van der Waals surface area contributed by atoms with Crippen molar-refractivity contribution in [3.05, 3.63) is 0 Å². The van der Waals surface area contributed by atoms with Crippen LogP contribution in [0.3, 0.4) is 0 Å². The molecule has 18 heavy (non-hydrogen) atoms. The molecule has 2 saturated carbocycles. The summed E-state index contributed by atoms with van der Waals surface area (Å²) in [5.74, 6) is 2.04. The molecule has 0 bridgehead atoms. The highest BCUT2D eigenvalue weighted by Crippen LogP contribution is 2.32. The van der Waals surface area contributed by atoms with Gasteiger partial charge in [0.15, 0.2) is 0 Å². The third kappa shape index (κ3) is 7.44. The van der Waals surface area contributed by atoms with Crippen LogP contribution in [-0.4, -0.2) is 0 Å². The first-order valence-corrected chi connectivity index (χ1v) is 8.49. The quantitative estimate of drug-likeness (QED) is 0.456. The Morgan fingerprint density at radius 3 is 1.33 bits per heavy atom. The Bertz CT molecular complexity index is 176. The fourth-order valence-electron chi connectivity index (χ4n) is 3.29. The summed E-state index contributed by atoms with van der Waals surface area (Å²) in [4.78, 5) is 0. The van der Waals surface area contributed by atoms with E-state index in [1.807, 2.05) is 0 Å². The van der Waals surface area contributed by atoms with Gasteiger partial charge in [0, 0.05) is 0 Å². The van der Waals surface area contributed by atoms with Crippen molar-refractivity contribution >= 4 is 0 Å². The molecule has 0 nitrogen and oxygen atoms in total. The number of hydrogen-bond acceptors (Lipinski definition) is 0. The van der Waals surface area contributed by atoms with Crippen LogP contribution in [0.5, 0.6) is 0 Å². The molecule has 0 heteroatoms. The van der Waals surface area contributed by atoms with E-state index in [-0.39, 0.29) is 0 Å². The maximum absolute atomic E-state index is 2.42. The fourth-order valence-corrected chi connectivity index (χ4v) is 3.29. The zero-order valence-electron chi connectivity index (χ0n) is 13.4. The zero-order valence-corrected chi connectivity index (χ0v) is 13.4. The second kappa shape index (κ2) is 8.23. The van der Waals surface area contributed by atoms with Gasteiger partial charge in [0.05, 0.1) is 0 Å². The molecule has 2 rings (SSSR count). The van der Waals surface area contributed by atoms with Crippen molar-refractivity contribution in [2.75, 3.05) is 0 Å². The first-order chi connectivity index (χ1) is 8.49. The second-order valence-electron chi connectivity index (χ2n) is 7.80. The normalized spacial score (nSPS) is 32.7. The summed E-state index contributed by atoms with van der Waals surface area (Å²) < 4.78 is 0. The van der Waals surface area contributed by atoms with Crippen molar-refractivity contribution in [1.29, 1.82) is 0 Å². The molecule has 0 unspecified atom stereocenters. The van der Waals surface area contributed by atoms with Crippen molar-refractivity contribution in [2.24, 2.45) is 17.3 Å². The minimum absolute atomic E-state index is 0.653. The van der Waals surface area contributed by atoms with Crippen molar-refractivity contribution in [2.45, 2.75) is 98.3 Å². The monoisotopic (exact) mass is 252 g/mol. The Balaban J connectivity index is 0.000000184. The van der Waals surface area contributed by atoms with Gasteiger partial charge in [-0.25, -0.2) is 0 Å². The summed E-state index contributed by atoms with van der Waals surface area (Å²) in [6.07, 6.45) is 16.2. The topological polar surface area (TPSA) is 0 Å². The van der Waals surface area contributed by atoms with Gasteiger partial charge in [-0.3, -0.25) is 0 Å². The SMILES string of the molecule is CC1(C)CCCCCCC1.CC1CCC(C)CC1. The summed E-state index contributed by atoms with van der Waals surface area (Å²) in [5.41, 5.74) is 0.653. The molecular formula is C18H36. The predicted molar refractivity (Wildman–Crippen MR) is 82.9 cm³/mol. The molecule has 0 amide bonds. The lowest BCUT2D eigenvalue weighted by molar-refractivity contribution is 0.266. The molecule has 0 radical (unpaired) electrons. The van der Waals surface area contributed by atoms with E-state index in [1.165, 1.54) is 70.6 Å². The van der Waals surface area contributed by atoms with E-state index in [0.29, 0.717) is 5.41 Å². The van der Waals surface area contributed by atoms with Crippen LogP contribution in [0.4, 0.5) is 0 Å². The average Bonchev–Trinajstić information content (AvgIpc) is 2.30. The fraction of sp³-hybridized carbons (Fsp3) is 1.00. The van der Waals surface area contributed by atoms with Crippen molar-refractivity contribution in [3.8, 4) is 0 Å². The van der Waals surface area contributed by atoms with Gasteiger partial charge >= 0.3 is 0 Å². The van der Waals surface area contributed by atoms with Crippen LogP contribution in [0.1, 0.15) is 98.3 Å². The first-order valence-electron chi connectivity index (χ1n) is 8.49. The van der Waals surface area contributed by atoms with E-state index in [2.05, 4.69) is 27.7 Å². The molecule has 0 atom stereocenters. The van der Waals surface area contributed by atoms with Gasteiger partial charge < -0.3 is 0 Å². The van der Waals surface area contributed by atoms with Gasteiger partial charge in [-0.1, -0.05) is 85.5 Å². The van der Waals surface area contributed by atoms with Crippen LogP contribution in [0.15, 0.2) is 0 Å². The van der Waals surface area contributed by atoms with Crippen molar-refractivity contribution < 1.29 is 0 Å². The van der Waals surface area contributed by atoms with Crippen LogP contribution in [0.25, 0.3) is 0 Å². The largest absolute Gasteiger partial charge is 0.0625 e. The maximum atomic E-state index is 2.42. The summed E-state index contributed by atoms with van der Waals surface area (Å²) >= 11 is 0. The number of hydrogen-bond donors (Lipinski definition) is 0. The van der Waals surface area contributed by atoms with Crippen LogP contribution < -0.4 is 0 Å². The van der Waals surface area contributed by atoms with Gasteiger partial charge in [0.2, 0.25) is 0 Å². The minimum Gasteiger partial charge on any atom is -0.0625 e. The van der Waals surface area contributed by atoms with E-state index in [9.17, 15) is 0 Å². The van der Waals surface area contributed by atoms with E-state index in [0.717, 1.165) is 11.8 Å². The molecule has 2 aliphatic rings. The molecule has 0 aromatic rings. The maximum Gasteiger partial charge on any atom is -0.0354 e. The smallest absolute Gasteiger partial charge is 0.0354 e. The Labute approximate surface area is 116 Å². The van der Waals surface area contributed by atoms with Crippen molar-refractivity contribution in [1.82, 2.24) is 0 Å². The van der Waals surface area contributed by atoms with Crippen LogP contribution in [0, 0.1) is 17.3 Å². The van der Waals surface area contributed by atoms with E-state index >= 15 is 0 Å². The third-order valence-electron chi connectivity index (χ3n) is 5.01. The lowest BCUT2D eigenvalue weighted by Gasteiger charge is -2.26. The van der Waals surface area contributed by atoms with Gasteiger partial charge in [0.25, 0.3) is 0 Å². The first kappa shape index (κ1) is 16.1. The van der Waals surface area contributed by atoms with E-state index in [1.54, 1.807) is 0 Å². The van der Waals surface area contributed by atoms with E-state index in [4.69, 9.17) is 0 Å². The van der Waals surface area contributed by atoms with Gasteiger partial charge in [-0.15, -0.1) is 0 Å². The van der Waals surface area contributed by atoms with Crippen LogP contribution >= 0.6 is 0 Å². The molecule has 0 aliphatic heterocycles. The molecule has 2 fully saturated rings. The van der Waals surface area contributed by atoms with Crippen molar-refractivity contribution in [3.63, 3.8) is 0 Å². The molecule has 0 aromatic carbocycles. The van der Waals surface area contributed by atoms with Gasteiger partial charge in [-0.2, -0.15) is 0 Å². The zero-order chi connectivity index (χ0) is 13.4. The molecule has 0 aromatic heterocycles. The summed E-state index contributed by atoms with van der Waals surface area (Å²) in [5, 5.41) is 0. The highest BCUT2D eigenvalue weighted by Gasteiger charge is 2.17. The molecule has 2 aliphatic carbocycles. The summed E-state index contributed by atoms with van der Waals surface area (Å²) in [6.45, 7) is 9.56.